The molecule has 0 radical (unpaired) electrons. The van der Waals surface area contributed by atoms with Gasteiger partial charge in [-0.2, -0.15) is 5.10 Å². The van der Waals surface area contributed by atoms with Crippen LogP contribution in [0.15, 0.2) is 61.2 Å². The summed E-state index contributed by atoms with van der Waals surface area (Å²) in [7, 11) is 0. The number of H-pyrrole nitrogens is 2. The number of aromatic nitrogens is 6. The Morgan fingerprint density at radius 3 is 2.75 bits per heavy atom. The van der Waals surface area contributed by atoms with Crippen LogP contribution in [-0.2, 0) is 4.79 Å². The minimum atomic E-state index is 0.0602. The zero-order chi connectivity index (χ0) is 24.2. The van der Waals surface area contributed by atoms with Gasteiger partial charge < -0.3 is 10.3 Å². The summed E-state index contributed by atoms with van der Waals surface area (Å²) in [5, 5.41) is 12.5. The van der Waals surface area contributed by atoms with Gasteiger partial charge in [-0.25, -0.2) is 4.98 Å². The van der Waals surface area contributed by atoms with E-state index in [1.165, 1.54) is 4.88 Å². The predicted molar refractivity (Wildman–Crippen MR) is 142 cm³/mol. The van der Waals surface area contributed by atoms with Crippen molar-refractivity contribution in [3.63, 3.8) is 0 Å². The molecule has 6 heterocycles. The third-order valence-corrected chi connectivity index (χ3v) is 7.50. The Morgan fingerprint density at radius 1 is 1.03 bits per heavy atom. The summed E-state index contributed by atoms with van der Waals surface area (Å²) in [6, 6.07) is 12.3. The molecule has 8 nitrogen and oxygen atoms in total. The molecule has 7 rings (SSSR count). The van der Waals surface area contributed by atoms with Gasteiger partial charge in [0, 0.05) is 56.8 Å². The van der Waals surface area contributed by atoms with E-state index in [0.29, 0.717) is 11.3 Å². The number of hydrogen-bond acceptors (Lipinski definition) is 6. The zero-order valence-electron chi connectivity index (χ0n) is 19.4. The molecule has 1 amide bonds. The lowest BCUT2D eigenvalue weighted by atomic mass is 10.1. The molecular formula is C27H21N7OS. The number of hydrogen-bond donors (Lipinski definition) is 3. The molecule has 0 aromatic carbocycles. The Hall–Kier alpha value is -4.37. The van der Waals surface area contributed by atoms with Crippen molar-refractivity contribution in [2.45, 2.75) is 19.8 Å². The summed E-state index contributed by atoms with van der Waals surface area (Å²) in [5.74, 6) is 0.195. The molecular weight excluding hydrogens is 470 g/mol. The van der Waals surface area contributed by atoms with Crippen molar-refractivity contribution in [1.29, 1.82) is 0 Å². The average Bonchev–Trinajstić information content (AvgIpc) is 3.30. The van der Waals surface area contributed by atoms with E-state index in [4.69, 9.17) is 0 Å². The molecule has 36 heavy (non-hydrogen) atoms. The normalized spacial score (nSPS) is 13.5. The van der Waals surface area contributed by atoms with Crippen LogP contribution in [0.2, 0.25) is 0 Å². The molecule has 0 saturated heterocycles. The molecule has 1 fully saturated rings. The highest BCUT2D eigenvalue weighted by Gasteiger charge is 2.29. The second-order valence-corrected chi connectivity index (χ2v) is 10.4. The number of carbonyl (C=O) groups is 1. The van der Waals surface area contributed by atoms with Crippen LogP contribution in [0.25, 0.3) is 55.0 Å². The van der Waals surface area contributed by atoms with Crippen molar-refractivity contribution in [3.05, 3.63) is 66.1 Å². The van der Waals surface area contributed by atoms with Crippen LogP contribution in [-0.4, -0.2) is 36.0 Å². The molecule has 1 aliphatic rings. The summed E-state index contributed by atoms with van der Waals surface area (Å²) >= 11 is 1.74. The maximum atomic E-state index is 12.2. The Balaban J connectivity index is 1.28. The van der Waals surface area contributed by atoms with Gasteiger partial charge in [0.2, 0.25) is 5.91 Å². The standard InChI is InChI=1S/C27H21N7OS/c1-14-2-5-23(36-14)25-19-10-22(32-21(19)6-7-29-25)24-20-9-17(12-30-26(20)34-33-24)16-8-18(13-28-11-16)31-27(35)15-3-4-15/h2,5-13,15,32H,3-4H2,1H3,(H,31,35)(H,30,33,34). The SMILES string of the molecule is Cc1ccc(-c2nccc3[nH]c(-c4[nH]nc5ncc(-c6cncc(NC(=O)C7CC7)c6)cc45)cc23)s1. The van der Waals surface area contributed by atoms with Gasteiger partial charge in [-0.15, -0.1) is 11.3 Å². The highest BCUT2D eigenvalue weighted by atomic mass is 32.1. The van der Waals surface area contributed by atoms with Gasteiger partial charge in [-0.1, -0.05) is 0 Å². The molecule has 176 valence electrons. The summed E-state index contributed by atoms with van der Waals surface area (Å²) < 4.78 is 0. The maximum Gasteiger partial charge on any atom is 0.227 e. The third-order valence-electron chi connectivity index (χ3n) is 6.49. The number of pyridine rings is 3. The van der Waals surface area contributed by atoms with E-state index in [2.05, 4.69) is 66.6 Å². The maximum absolute atomic E-state index is 12.2. The number of nitrogens with zero attached hydrogens (tertiary/aromatic N) is 4. The first-order valence-electron chi connectivity index (χ1n) is 11.8. The highest BCUT2D eigenvalue weighted by molar-refractivity contribution is 7.15. The number of amides is 1. The van der Waals surface area contributed by atoms with Crippen LogP contribution < -0.4 is 5.32 Å². The quantitative estimate of drug-likeness (QED) is 0.276. The average molecular weight is 492 g/mol. The van der Waals surface area contributed by atoms with Gasteiger partial charge in [-0.3, -0.25) is 19.9 Å². The van der Waals surface area contributed by atoms with Crippen LogP contribution in [0.5, 0.6) is 0 Å². The Kier molecular flexibility index (Phi) is 4.71. The second-order valence-electron chi connectivity index (χ2n) is 9.13. The summed E-state index contributed by atoms with van der Waals surface area (Å²) in [4.78, 5) is 31.7. The third kappa shape index (κ3) is 3.64. The molecule has 0 aliphatic heterocycles. The van der Waals surface area contributed by atoms with E-state index in [9.17, 15) is 4.79 Å². The predicted octanol–water partition coefficient (Wildman–Crippen LogP) is 5.95. The first kappa shape index (κ1) is 21.0. The van der Waals surface area contributed by atoms with Crippen LogP contribution in [0.4, 0.5) is 5.69 Å². The number of nitrogens with one attached hydrogen (secondary N) is 3. The first-order valence-corrected chi connectivity index (χ1v) is 12.6. The lowest BCUT2D eigenvalue weighted by Crippen LogP contribution is -2.13. The Bertz CT molecular complexity index is 1780. The Labute approximate surface area is 209 Å². The fraction of sp³-hybridized carbons (Fsp3) is 0.148. The van der Waals surface area contributed by atoms with Gasteiger partial charge in [0.1, 0.15) is 0 Å². The van der Waals surface area contributed by atoms with Crippen molar-refractivity contribution in [1.82, 2.24) is 30.1 Å². The smallest absolute Gasteiger partial charge is 0.227 e. The first-order chi connectivity index (χ1) is 17.6. The van der Waals surface area contributed by atoms with E-state index in [1.54, 1.807) is 29.9 Å². The lowest BCUT2D eigenvalue weighted by Gasteiger charge is -2.07. The number of aromatic amines is 2. The van der Waals surface area contributed by atoms with E-state index < -0.39 is 0 Å². The van der Waals surface area contributed by atoms with E-state index in [0.717, 1.165) is 62.2 Å². The monoisotopic (exact) mass is 491 g/mol. The topological polar surface area (TPSA) is 112 Å². The molecule has 0 unspecified atom stereocenters. The van der Waals surface area contributed by atoms with Crippen molar-refractivity contribution in [3.8, 4) is 33.1 Å². The van der Waals surface area contributed by atoms with Crippen molar-refractivity contribution in [2.75, 3.05) is 5.32 Å². The fourth-order valence-electron chi connectivity index (χ4n) is 4.47. The summed E-state index contributed by atoms with van der Waals surface area (Å²) in [5.41, 5.74) is 6.84. The van der Waals surface area contributed by atoms with Gasteiger partial charge in [-0.05, 0) is 56.2 Å². The molecule has 6 aromatic heterocycles. The van der Waals surface area contributed by atoms with Crippen molar-refractivity contribution in [2.24, 2.45) is 5.92 Å². The second kappa shape index (κ2) is 8.10. The molecule has 0 bridgehead atoms. The molecule has 1 aliphatic carbocycles. The zero-order valence-corrected chi connectivity index (χ0v) is 20.2. The van der Waals surface area contributed by atoms with E-state index in [1.807, 2.05) is 18.3 Å². The minimum absolute atomic E-state index is 0.0602. The number of anilines is 1. The number of thiophene rings is 1. The lowest BCUT2D eigenvalue weighted by molar-refractivity contribution is -0.117. The fourth-order valence-corrected chi connectivity index (χ4v) is 5.34. The van der Waals surface area contributed by atoms with Crippen molar-refractivity contribution >= 4 is 44.9 Å². The molecule has 1 saturated carbocycles. The number of rotatable bonds is 5. The highest BCUT2D eigenvalue weighted by Crippen LogP contribution is 2.36. The minimum Gasteiger partial charge on any atom is -0.353 e. The Morgan fingerprint density at radius 2 is 1.92 bits per heavy atom. The number of carbonyl (C=O) groups excluding carboxylic acids is 1. The van der Waals surface area contributed by atoms with Gasteiger partial charge in [0.15, 0.2) is 5.65 Å². The molecule has 6 aromatic rings. The van der Waals surface area contributed by atoms with E-state index >= 15 is 0 Å². The molecule has 9 heteroatoms. The van der Waals surface area contributed by atoms with Crippen LogP contribution >= 0.6 is 11.3 Å². The van der Waals surface area contributed by atoms with Crippen LogP contribution in [0.1, 0.15) is 17.7 Å². The largest absolute Gasteiger partial charge is 0.353 e. The van der Waals surface area contributed by atoms with Crippen molar-refractivity contribution < 1.29 is 4.79 Å². The molecule has 3 N–H and O–H groups in total. The van der Waals surface area contributed by atoms with Gasteiger partial charge >= 0.3 is 0 Å². The van der Waals surface area contributed by atoms with Gasteiger partial charge in [0.05, 0.1) is 33.8 Å². The molecule has 0 atom stereocenters. The van der Waals surface area contributed by atoms with Gasteiger partial charge in [0.25, 0.3) is 0 Å². The van der Waals surface area contributed by atoms with Crippen LogP contribution in [0.3, 0.4) is 0 Å². The number of aryl methyl sites for hydroxylation is 1. The van der Waals surface area contributed by atoms with E-state index in [-0.39, 0.29) is 11.8 Å². The number of fused-ring (bicyclic) bond motifs is 2. The molecule has 0 spiro atoms. The van der Waals surface area contributed by atoms with Crippen LogP contribution in [0, 0.1) is 12.8 Å². The summed E-state index contributed by atoms with van der Waals surface area (Å²) in [6.45, 7) is 2.10. The summed E-state index contributed by atoms with van der Waals surface area (Å²) in [6.07, 6.45) is 8.98.